The highest BCUT2D eigenvalue weighted by Crippen LogP contribution is 2.68. The van der Waals surface area contributed by atoms with Crippen LogP contribution in [0.25, 0.3) is 11.1 Å². The van der Waals surface area contributed by atoms with Crippen molar-refractivity contribution in [2.45, 2.75) is 107 Å². The molecule has 8 aliphatic carbocycles. The smallest absolute Gasteiger partial charge is 0.247 e. The average molecular weight is 862 g/mol. The van der Waals surface area contributed by atoms with Gasteiger partial charge < -0.3 is 0 Å². The number of hydrogen-bond donors (Lipinski definition) is 0. The maximum atomic E-state index is 16.3. The third-order valence-corrected chi connectivity index (χ3v) is 17.3. The third kappa shape index (κ3) is 7.22. The van der Waals surface area contributed by atoms with Crippen LogP contribution in [-0.4, -0.2) is 28.4 Å². The van der Waals surface area contributed by atoms with E-state index in [1.807, 2.05) is 40.3 Å². The largest absolute Gasteiger partial charge is 0.272 e. The molecule has 4 atom stereocenters. The van der Waals surface area contributed by atoms with Crippen LogP contribution < -0.4 is 0 Å². The number of carbonyl (C=O) groups excluding carboxylic acids is 2. The second-order valence-electron chi connectivity index (χ2n) is 21.0. The van der Waals surface area contributed by atoms with Gasteiger partial charge in [0.05, 0.1) is 17.4 Å². The van der Waals surface area contributed by atoms with E-state index in [1.165, 1.54) is 35.1 Å². The van der Waals surface area contributed by atoms with Gasteiger partial charge in [-0.2, -0.15) is 0 Å². The van der Waals surface area contributed by atoms with Crippen molar-refractivity contribution in [3.63, 3.8) is 0 Å². The summed E-state index contributed by atoms with van der Waals surface area (Å²) in [6.07, 6.45) is 13.8. The second kappa shape index (κ2) is 15.7. The fourth-order valence-electron chi connectivity index (χ4n) is 15.1. The summed E-state index contributed by atoms with van der Waals surface area (Å²) in [6.45, 7) is 0.888. The van der Waals surface area contributed by atoms with E-state index in [0.717, 1.165) is 98.2 Å². The van der Waals surface area contributed by atoms with Gasteiger partial charge in [0, 0.05) is 16.6 Å². The van der Waals surface area contributed by atoms with E-state index in [4.69, 9.17) is 23.2 Å². The molecule has 0 aliphatic heterocycles. The Morgan fingerprint density at radius 1 is 0.484 bits per heavy atom. The molecule has 8 aliphatic rings. The highest BCUT2D eigenvalue weighted by Gasteiger charge is 2.65. The fraction of sp³-hybridized carbons (Fsp3) is 0.429. The first-order chi connectivity index (χ1) is 30.1. The topological polar surface area (TPSA) is 40.6 Å². The summed E-state index contributed by atoms with van der Waals surface area (Å²) >= 11 is 12.9. The molecule has 5 aromatic carbocycles. The molecule has 0 saturated heterocycles. The summed E-state index contributed by atoms with van der Waals surface area (Å²) in [5.74, 6) is 2.34. The minimum Gasteiger partial charge on any atom is -0.272 e. The average Bonchev–Trinajstić information content (AvgIpc) is 3.27. The number of benzene rings is 5. The van der Waals surface area contributed by atoms with Gasteiger partial charge in [0.25, 0.3) is 0 Å². The molecule has 0 radical (unpaired) electrons. The quantitative estimate of drug-likeness (QED) is 0.124. The lowest BCUT2D eigenvalue weighted by Crippen LogP contribution is -2.65. The van der Waals surface area contributed by atoms with Crippen molar-refractivity contribution in [1.82, 2.24) is 10.0 Å². The van der Waals surface area contributed by atoms with Crippen LogP contribution in [0.2, 0.25) is 10.0 Å². The Morgan fingerprint density at radius 3 is 1.40 bits per heavy atom. The van der Waals surface area contributed by atoms with Gasteiger partial charge >= 0.3 is 0 Å². The monoisotopic (exact) mass is 860 g/mol. The van der Waals surface area contributed by atoms with Crippen LogP contribution in [0.3, 0.4) is 0 Å². The van der Waals surface area contributed by atoms with Crippen LogP contribution in [0.5, 0.6) is 0 Å². The van der Waals surface area contributed by atoms with Crippen LogP contribution in [0.4, 0.5) is 0 Å². The molecule has 5 aromatic rings. The molecule has 8 bridgehead atoms. The van der Waals surface area contributed by atoms with Gasteiger partial charge in [-0.05, 0) is 182 Å². The zero-order chi connectivity index (χ0) is 42.1. The van der Waals surface area contributed by atoms with E-state index >= 15 is 9.59 Å². The number of carbonyl (C=O) groups is 2. The zero-order valence-corrected chi connectivity index (χ0v) is 37.3. The molecule has 0 heterocycles. The third-order valence-electron chi connectivity index (χ3n) is 16.8. The zero-order valence-electron chi connectivity index (χ0n) is 35.8. The number of hydrazine groups is 1. The predicted molar refractivity (Wildman–Crippen MR) is 249 cm³/mol. The Balaban J connectivity index is 0.998. The van der Waals surface area contributed by atoms with Crippen LogP contribution in [0, 0.1) is 34.5 Å². The van der Waals surface area contributed by atoms with Crippen LogP contribution in [-0.2, 0) is 33.4 Å². The number of nitrogens with zero attached hydrogens (tertiary/aromatic N) is 2. The minimum atomic E-state index is -0.530. The molecule has 4 nitrogen and oxygen atoms in total. The van der Waals surface area contributed by atoms with Crippen molar-refractivity contribution >= 4 is 35.0 Å². The van der Waals surface area contributed by atoms with E-state index < -0.39 is 10.8 Å². The Morgan fingerprint density at radius 2 is 0.919 bits per heavy atom. The lowest BCUT2D eigenvalue weighted by molar-refractivity contribution is -0.196. The molecule has 13 rings (SSSR count). The maximum absolute atomic E-state index is 16.3. The van der Waals surface area contributed by atoms with Crippen molar-refractivity contribution in [2.24, 2.45) is 34.5 Å². The lowest BCUT2D eigenvalue weighted by atomic mass is 9.42. The summed E-state index contributed by atoms with van der Waals surface area (Å²) < 4.78 is 0. The molecule has 62 heavy (non-hydrogen) atoms. The number of rotatable bonds is 11. The molecule has 2 amide bonds. The Bertz CT molecular complexity index is 2400. The highest BCUT2D eigenvalue weighted by atomic mass is 35.5. The highest BCUT2D eigenvalue weighted by molar-refractivity contribution is 6.30. The van der Waals surface area contributed by atoms with Gasteiger partial charge in [-0.3, -0.25) is 14.6 Å². The summed E-state index contributed by atoms with van der Waals surface area (Å²) in [4.78, 5) is 32.6. The second-order valence-corrected chi connectivity index (χ2v) is 21.9. The fourth-order valence-corrected chi connectivity index (χ4v) is 15.4. The Labute approximate surface area is 378 Å². The van der Waals surface area contributed by atoms with Gasteiger partial charge in [0.2, 0.25) is 11.8 Å². The number of halogens is 2. The van der Waals surface area contributed by atoms with Crippen molar-refractivity contribution in [3.8, 4) is 11.1 Å². The van der Waals surface area contributed by atoms with Gasteiger partial charge in [-0.1, -0.05) is 132 Å². The van der Waals surface area contributed by atoms with Crippen molar-refractivity contribution in [1.29, 1.82) is 0 Å². The van der Waals surface area contributed by atoms with E-state index in [0.29, 0.717) is 36.8 Å². The summed E-state index contributed by atoms with van der Waals surface area (Å²) in [5, 5.41) is 5.58. The standard InChI is InChI=1S/C56H58Cl2N2O2/c57-49-21-17-47(18-22-49)53-28-41-26-42(29-53)33-55(32-41,37-53)51(61)59(25-7-10-39-8-3-1-4-9-39)60(36-40-13-15-46(16-14-40)45-11-5-2-6-12-45)52(62)56-34-43-27-44(35-56)31-54(30-43,38-56)48-19-23-50(58)24-20-48/h1-6,8-9,11-24,41-44H,7,10,25-38H2. The first-order valence-corrected chi connectivity index (χ1v) is 24.2. The number of aryl methyl sites for hydroxylation is 1. The molecule has 0 aromatic heterocycles. The van der Waals surface area contributed by atoms with Crippen molar-refractivity contribution < 1.29 is 9.59 Å². The number of amides is 2. The van der Waals surface area contributed by atoms with Crippen LogP contribution in [0.15, 0.2) is 133 Å². The van der Waals surface area contributed by atoms with E-state index in [-0.39, 0.29) is 22.6 Å². The molecule has 8 saturated carbocycles. The van der Waals surface area contributed by atoms with Gasteiger partial charge in [-0.25, -0.2) is 5.01 Å². The van der Waals surface area contributed by atoms with Crippen molar-refractivity contribution in [3.05, 3.63) is 166 Å². The maximum Gasteiger partial charge on any atom is 0.247 e. The SMILES string of the molecule is O=C(N(CCCc1ccccc1)N(Cc1ccc(-c2ccccc2)cc1)C(=O)C12CC3CC(C1)CC(c1ccc(Cl)cc1)(C3)C2)C12CC3CC(C1)CC(c1ccc(Cl)cc1)(C3)C2. The molecular formula is C56H58Cl2N2O2. The molecule has 4 unspecified atom stereocenters. The lowest BCUT2D eigenvalue weighted by Gasteiger charge is -2.63. The van der Waals surface area contributed by atoms with Crippen molar-refractivity contribution in [2.75, 3.05) is 6.54 Å². The van der Waals surface area contributed by atoms with Crippen LogP contribution in [0.1, 0.15) is 106 Å². The van der Waals surface area contributed by atoms with E-state index in [2.05, 4.69) is 103 Å². The number of hydrogen-bond acceptors (Lipinski definition) is 2. The molecule has 6 heteroatoms. The van der Waals surface area contributed by atoms with Gasteiger partial charge in [-0.15, -0.1) is 0 Å². The van der Waals surface area contributed by atoms with Gasteiger partial charge in [0.15, 0.2) is 0 Å². The molecule has 8 fully saturated rings. The molecule has 0 N–H and O–H groups in total. The van der Waals surface area contributed by atoms with Gasteiger partial charge in [0.1, 0.15) is 0 Å². The van der Waals surface area contributed by atoms with Crippen LogP contribution >= 0.6 is 23.2 Å². The first kappa shape index (κ1) is 40.4. The normalized spacial score (nSPS) is 31.3. The van der Waals surface area contributed by atoms with E-state index in [1.54, 1.807) is 0 Å². The Kier molecular flexibility index (Phi) is 10.2. The summed E-state index contributed by atoms with van der Waals surface area (Å²) in [7, 11) is 0. The van der Waals surface area contributed by atoms with E-state index in [9.17, 15) is 0 Å². The Hall–Kier alpha value is -4.38. The predicted octanol–water partition coefficient (Wildman–Crippen LogP) is 13.4. The summed E-state index contributed by atoms with van der Waals surface area (Å²) in [5.41, 5.74) is 6.14. The minimum absolute atomic E-state index is 0.0486. The molecule has 318 valence electrons. The molecular weight excluding hydrogens is 804 g/mol. The first-order valence-electron chi connectivity index (χ1n) is 23.5. The summed E-state index contributed by atoms with van der Waals surface area (Å²) in [6, 6.07) is 46.9. The molecule has 0 spiro atoms.